The van der Waals surface area contributed by atoms with Crippen LogP contribution in [0.4, 0.5) is 0 Å². The number of hydrogen-bond acceptors (Lipinski definition) is 4. The van der Waals surface area contributed by atoms with Crippen molar-refractivity contribution in [2.24, 2.45) is 5.92 Å². The van der Waals surface area contributed by atoms with Gasteiger partial charge in [0.05, 0.1) is 6.61 Å². The van der Waals surface area contributed by atoms with Crippen molar-refractivity contribution in [1.82, 2.24) is 14.7 Å². The summed E-state index contributed by atoms with van der Waals surface area (Å²) in [6, 6.07) is 7.80. The van der Waals surface area contributed by atoms with Crippen LogP contribution in [-0.4, -0.2) is 78.5 Å². The van der Waals surface area contributed by atoms with E-state index in [1.807, 2.05) is 36.1 Å². The molecule has 6 heteroatoms. The number of amides is 2. The van der Waals surface area contributed by atoms with E-state index in [0.29, 0.717) is 31.7 Å². The van der Waals surface area contributed by atoms with Gasteiger partial charge in [-0.15, -0.1) is 0 Å². The molecule has 1 aromatic rings. The Hall–Kier alpha value is -1.92. The van der Waals surface area contributed by atoms with Crippen LogP contribution in [0, 0.1) is 5.92 Å². The summed E-state index contributed by atoms with van der Waals surface area (Å²) in [5.41, 5.74) is 1.74. The molecule has 2 saturated heterocycles. The van der Waals surface area contributed by atoms with Gasteiger partial charge in [-0.1, -0.05) is 24.6 Å². The molecule has 1 aromatic carbocycles. The lowest BCUT2D eigenvalue weighted by atomic mass is 9.83. The Morgan fingerprint density at radius 3 is 2.80 bits per heavy atom. The fourth-order valence-corrected chi connectivity index (χ4v) is 5.55. The predicted octanol–water partition coefficient (Wildman–Crippen LogP) is 2.77. The Bertz CT molecular complexity index is 766. The molecule has 0 aliphatic carbocycles. The normalized spacial score (nSPS) is 25.0. The van der Waals surface area contributed by atoms with Gasteiger partial charge in [0.1, 0.15) is 6.04 Å². The van der Waals surface area contributed by atoms with Crippen molar-refractivity contribution < 1.29 is 14.3 Å². The number of rotatable bonds is 7. The summed E-state index contributed by atoms with van der Waals surface area (Å²) >= 11 is 0. The highest BCUT2D eigenvalue weighted by Crippen LogP contribution is 2.32. The highest BCUT2D eigenvalue weighted by Gasteiger charge is 2.38. The van der Waals surface area contributed by atoms with E-state index in [9.17, 15) is 9.59 Å². The number of hydrogen-bond donors (Lipinski definition) is 0. The van der Waals surface area contributed by atoms with Gasteiger partial charge < -0.3 is 19.4 Å². The zero-order valence-corrected chi connectivity index (χ0v) is 18.4. The Kier molecular flexibility index (Phi) is 6.74. The molecule has 2 fully saturated rings. The van der Waals surface area contributed by atoms with Gasteiger partial charge in [0, 0.05) is 38.3 Å². The van der Waals surface area contributed by atoms with Crippen LogP contribution >= 0.6 is 0 Å². The summed E-state index contributed by atoms with van der Waals surface area (Å²) in [7, 11) is 1.68. The SMILES string of the molecule is COCCN(CC1CCCN2CCCCC12)C(=O)C(C)N1Cc2ccccc2C1=O. The molecule has 3 heterocycles. The van der Waals surface area contributed by atoms with E-state index in [1.165, 1.54) is 45.2 Å². The fourth-order valence-electron chi connectivity index (χ4n) is 5.55. The van der Waals surface area contributed by atoms with Gasteiger partial charge in [0.15, 0.2) is 0 Å². The minimum atomic E-state index is -0.465. The first kappa shape index (κ1) is 21.3. The second-order valence-electron chi connectivity index (χ2n) is 9.04. The van der Waals surface area contributed by atoms with Crippen molar-refractivity contribution in [1.29, 1.82) is 0 Å². The predicted molar refractivity (Wildman–Crippen MR) is 116 cm³/mol. The van der Waals surface area contributed by atoms with E-state index in [2.05, 4.69) is 4.90 Å². The van der Waals surface area contributed by atoms with Crippen LogP contribution in [-0.2, 0) is 16.1 Å². The maximum Gasteiger partial charge on any atom is 0.255 e. The number of carbonyl (C=O) groups is 2. The molecule has 3 atom stereocenters. The van der Waals surface area contributed by atoms with Crippen LogP contribution in [0.15, 0.2) is 24.3 Å². The maximum absolute atomic E-state index is 13.5. The molecule has 6 nitrogen and oxygen atoms in total. The molecule has 164 valence electrons. The first-order valence-corrected chi connectivity index (χ1v) is 11.5. The van der Waals surface area contributed by atoms with E-state index >= 15 is 0 Å². The average Bonchev–Trinajstić information content (AvgIpc) is 3.12. The van der Waals surface area contributed by atoms with E-state index < -0.39 is 6.04 Å². The lowest BCUT2D eigenvalue weighted by molar-refractivity contribution is -0.137. The summed E-state index contributed by atoms with van der Waals surface area (Å²) in [5.74, 6) is 0.522. The van der Waals surface area contributed by atoms with Crippen molar-refractivity contribution in [2.45, 2.75) is 57.7 Å². The third kappa shape index (κ3) is 4.26. The highest BCUT2D eigenvalue weighted by atomic mass is 16.5. The standard InChI is InChI=1S/C24H35N3O3/c1-18(27-17-19-8-3-4-10-21(19)24(27)29)23(28)26(14-15-30-2)16-20-9-7-13-25-12-6-5-11-22(20)25/h3-4,8,10,18,20,22H,5-7,9,11-17H2,1-2H3. The molecule has 30 heavy (non-hydrogen) atoms. The molecule has 0 saturated carbocycles. The highest BCUT2D eigenvalue weighted by molar-refractivity contribution is 6.01. The van der Waals surface area contributed by atoms with Crippen molar-refractivity contribution in [2.75, 3.05) is 39.9 Å². The molecule has 3 aliphatic rings. The summed E-state index contributed by atoms with van der Waals surface area (Å²) < 4.78 is 5.31. The van der Waals surface area contributed by atoms with Crippen molar-refractivity contribution in [3.8, 4) is 0 Å². The van der Waals surface area contributed by atoms with Crippen LogP contribution in [0.25, 0.3) is 0 Å². The molecule has 3 unspecified atom stereocenters. The minimum absolute atomic E-state index is 0.0331. The number of piperidine rings is 2. The Labute approximate surface area is 180 Å². The number of nitrogens with zero attached hydrogens (tertiary/aromatic N) is 3. The zero-order valence-electron chi connectivity index (χ0n) is 18.4. The molecule has 0 radical (unpaired) electrons. The summed E-state index contributed by atoms with van der Waals surface area (Å²) in [5, 5.41) is 0. The van der Waals surface area contributed by atoms with Gasteiger partial charge in [-0.25, -0.2) is 0 Å². The number of methoxy groups -OCH3 is 1. The van der Waals surface area contributed by atoms with E-state index in [1.54, 1.807) is 12.0 Å². The van der Waals surface area contributed by atoms with Gasteiger partial charge in [-0.2, -0.15) is 0 Å². The lowest BCUT2D eigenvalue weighted by Crippen LogP contribution is -2.54. The topological polar surface area (TPSA) is 53.1 Å². The number of ether oxygens (including phenoxy) is 1. The van der Waals surface area contributed by atoms with Crippen LogP contribution in [0.3, 0.4) is 0 Å². The van der Waals surface area contributed by atoms with Crippen molar-refractivity contribution in [3.63, 3.8) is 0 Å². The van der Waals surface area contributed by atoms with E-state index in [4.69, 9.17) is 4.74 Å². The average molecular weight is 414 g/mol. The van der Waals surface area contributed by atoms with E-state index in [0.717, 1.165) is 17.7 Å². The summed E-state index contributed by atoms with van der Waals surface area (Å²) in [4.78, 5) is 32.7. The summed E-state index contributed by atoms with van der Waals surface area (Å²) in [6.07, 6.45) is 6.22. The van der Waals surface area contributed by atoms with Gasteiger partial charge in [-0.3, -0.25) is 9.59 Å². The molecule has 0 bridgehead atoms. The minimum Gasteiger partial charge on any atom is -0.383 e. The van der Waals surface area contributed by atoms with Gasteiger partial charge >= 0.3 is 0 Å². The van der Waals surface area contributed by atoms with E-state index in [-0.39, 0.29) is 11.8 Å². The van der Waals surface area contributed by atoms with Crippen LogP contribution in [0.5, 0.6) is 0 Å². The van der Waals surface area contributed by atoms with Gasteiger partial charge in [0.2, 0.25) is 5.91 Å². The van der Waals surface area contributed by atoms with Crippen molar-refractivity contribution in [3.05, 3.63) is 35.4 Å². The monoisotopic (exact) mass is 413 g/mol. The maximum atomic E-state index is 13.5. The molecule has 0 spiro atoms. The summed E-state index contributed by atoms with van der Waals surface area (Å²) in [6.45, 7) is 6.65. The van der Waals surface area contributed by atoms with Crippen LogP contribution in [0.2, 0.25) is 0 Å². The quantitative estimate of drug-likeness (QED) is 0.690. The number of carbonyl (C=O) groups excluding carboxylic acids is 2. The Balaban J connectivity index is 1.46. The zero-order chi connectivity index (χ0) is 21.1. The Morgan fingerprint density at radius 1 is 1.20 bits per heavy atom. The molecule has 0 N–H and O–H groups in total. The largest absolute Gasteiger partial charge is 0.383 e. The molecular weight excluding hydrogens is 378 g/mol. The van der Waals surface area contributed by atoms with Gasteiger partial charge in [-0.05, 0) is 63.2 Å². The van der Waals surface area contributed by atoms with Crippen LogP contribution < -0.4 is 0 Å². The molecule has 3 aliphatic heterocycles. The molecule has 0 aromatic heterocycles. The fraction of sp³-hybridized carbons (Fsp3) is 0.667. The molecular formula is C24H35N3O3. The smallest absolute Gasteiger partial charge is 0.255 e. The lowest BCUT2D eigenvalue weighted by Gasteiger charge is -2.46. The number of benzene rings is 1. The molecule has 4 rings (SSSR count). The van der Waals surface area contributed by atoms with Gasteiger partial charge in [0.25, 0.3) is 5.91 Å². The van der Waals surface area contributed by atoms with Crippen LogP contribution in [0.1, 0.15) is 54.9 Å². The third-order valence-corrected chi connectivity index (χ3v) is 7.23. The number of fused-ring (bicyclic) bond motifs is 2. The van der Waals surface area contributed by atoms with Crippen molar-refractivity contribution >= 4 is 11.8 Å². The second kappa shape index (κ2) is 9.48. The third-order valence-electron chi connectivity index (χ3n) is 7.23. The first-order valence-electron chi connectivity index (χ1n) is 11.5. The Morgan fingerprint density at radius 2 is 2.00 bits per heavy atom. The second-order valence-corrected chi connectivity index (χ2v) is 9.04. The first-order chi connectivity index (χ1) is 14.6. The molecule has 2 amide bonds.